The Morgan fingerprint density at radius 1 is 1.05 bits per heavy atom. The van der Waals surface area contributed by atoms with Crippen LogP contribution in [-0.4, -0.2) is 13.1 Å². The van der Waals surface area contributed by atoms with E-state index in [0.717, 1.165) is 5.56 Å². The molecule has 0 aromatic heterocycles. The van der Waals surface area contributed by atoms with Gasteiger partial charge in [0.25, 0.3) is 0 Å². The number of carbonyl (C=O) groups excluding carboxylic acids is 1. The van der Waals surface area contributed by atoms with Crippen LogP contribution in [0.4, 0.5) is 0 Å². The summed E-state index contributed by atoms with van der Waals surface area (Å²) in [5.41, 5.74) is 1.47. The molecule has 3 nitrogen and oxygen atoms in total. The first-order chi connectivity index (χ1) is 9.31. The average Bonchev–Trinajstić information content (AvgIpc) is 2.46. The molecule has 0 spiro atoms. The average molecular weight is 277 g/mol. The molecule has 0 aliphatic carbocycles. The molecular weight excluding hydrogens is 264 g/mol. The normalized spacial score (nSPS) is 10.2. The predicted molar refractivity (Wildman–Crippen MR) is 73.6 cm³/mol. The number of hydrogen-bond donors (Lipinski definition) is 0. The van der Waals surface area contributed by atoms with Crippen LogP contribution in [0.15, 0.2) is 48.5 Å². The summed E-state index contributed by atoms with van der Waals surface area (Å²) in [7, 11) is 0. The number of halogens is 1. The molecule has 0 atom stereocenters. The lowest BCUT2D eigenvalue weighted by molar-refractivity contribution is 0.00507. The third-order valence-corrected chi connectivity index (χ3v) is 2.93. The molecule has 0 heterocycles. The van der Waals surface area contributed by atoms with Crippen LogP contribution in [0.5, 0.6) is 5.75 Å². The largest absolute Gasteiger partial charge is 0.466 e. The van der Waals surface area contributed by atoms with E-state index in [1.165, 1.54) is 0 Å². The summed E-state index contributed by atoms with van der Waals surface area (Å²) < 4.78 is 10.8. The van der Waals surface area contributed by atoms with Crippen molar-refractivity contribution in [1.82, 2.24) is 0 Å². The van der Waals surface area contributed by atoms with Crippen molar-refractivity contribution in [2.45, 2.75) is 6.61 Å². The molecule has 0 unspecified atom stereocenters. The Bertz CT molecular complexity index is 540. The standard InChI is InChI=1S/C15H13ClO3/c16-15-13(9-17)7-4-8-14(15)19-11-18-10-12-5-2-1-3-6-12/h1-9H,10-11H2. The fourth-order valence-electron chi connectivity index (χ4n) is 1.57. The first-order valence-corrected chi connectivity index (χ1v) is 6.17. The minimum absolute atomic E-state index is 0.0803. The Balaban J connectivity index is 1.85. The van der Waals surface area contributed by atoms with E-state index in [2.05, 4.69) is 0 Å². The molecule has 2 aromatic rings. The van der Waals surface area contributed by atoms with E-state index in [0.29, 0.717) is 29.2 Å². The zero-order valence-electron chi connectivity index (χ0n) is 10.2. The van der Waals surface area contributed by atoms with Crippen LogP contribution >= 0.6 is 11.6 Å². The van der Waals surface area contributed by atoms with Crippen molar-refractivity contribution in [2.24, 2.45) is 0 Å². The zero-order chi connectivity index (χ0) is 13.5. The van der Waals surface area contributed by atoms with E-state index in [1.54, 1.807) is 18.2 Å². The van der Waals surface area contributed by atoms with Gasteiger partial charge >= 0.3 is 0 Å². The number of benzene rings is 2. The second kappa shape index (κ2) is 6.92. The van der Waals surface area contributed by atoms with Gasteiger partial charge < -0.3 is 9.47 Å². The quantitative estimate of drug-likeness (QED) is 0.458. The highest BCUT2D eigenvalue weighted by molar-refractivity contribution is 6.34. The van der Waals surface area contributed by atoms with Crippen molar-refractivity contribution in [1.29, 1.82) is 0 Å². The summed E-state index contributed by atoms with van der Waals surface area (Å²) >= 11 is 5.99. The number of rotatable bonds is 6. The molecule has 0 bridgehead atoms. The van der Waals surface area contributed by atoms with Gasteiger partial charge in [-0.1, -0.05) is 48.0 Å². The molecule has 0 N–H and O–H groups in total. The van der Waals surface area contributed by atoms with Crippen molar-refractivity contribution >= 4 is 17.9 Å². The Kier molecular flexibility index (Phi) is 4.95. The van der Waals surface area contributed by atoms with Gasteiger partial charge in [0.05, 0.1) is 11.6 Å². The van der Waals surface area contributed by atoms with E-state index >= 15 is 0 Å². The van der Waals surface area contributed by atoms with E-state index in [-0.39, 0.29) is 6.79 Å². The molecule has 0 aliphatic heterocycles. The van der Waals surface area contributed by atoms with Crippen LogP contribution in [0.2, 0.25) is 5.02 Å². The molecule has 4 heteroatoms. The molecule has 0 saturated carbocycles. The summed E-state index contributed by atoms with van der Waals surface area (Å²) in [5, 5.41) is 0.306. The highest BCUT2D eigenvalue weighted by Crippen LogP contribution is 2.26. The Morgan fingerprint density at radius 2 is 1.84 bits per heavy atom. The van der Waals surface area contributed by atoms with Gasteiger partial charge in [0, 0.05) is 5.56 Å². The van der Waals surface area contributed by atoms with Gasteiger partial charge in [-0.25, -0.2) is 0 Å². The maximum atomic E-state index is 10.7. The van der Waals surface area contributed by atoms with Crippen LogP contribution in [0.3, 0.4) is 0 Å². The Morgan fingerprint density at radius 3 is 2.58 bits per heavy atom. The van der Waals surface area contributed by atoms with Gasteiger partial charge in [-0.2, -0.15) is 0 Å². The fourth-order valence-corrected chi connectivity index (χ4v) is 1.79. The lowest BCUT2D eigenvalue weighted by Gasteiger charge is -2.09. The molecule has 0 fully saturated rings. The van der Waals surface area contributed by atoms with Gasteiger partial charge in [-0.3, -0.25) is 4.79 Å². The lowest BCUT2D eigenvalue weighted by atomic mass is 10.2. The summed E-state index contributed by atoms with van der Waals surface area (Å²) in [6.07, 6.45) is 0.694. The van der Waals surface area contributed by atoms with Gasteiger partial charge in [-0.15, -0.1) is 0 Å². The topological polar surface area (TPSA) is 35.5 Å². The van der Waals surface area contributed by atoms with Crippen LogP contribution < -0.4 is 4.74 Å². The minimum Gasteiger partial charge on any atom is -0.466 e. The summed E-state index contributed by atoms with van der Waals surface area (Å²) in [6, 6.07) is 14.8. The van der Waals surface area contributed by atoms with Crippen molar-refractivity contribution in [3.8, 4) is 5.75 Å². The van der Waals surface area contributed by atoms with Crippen LogP contribution in [0.1, 0.15) is 15.9 Å². The highest BCUT2D eigenvalue weighted by Gasteiger charge is 2.06. The van der Waals surface area contributed by atoms with E-state index in [1.807, 2.05) is 30.3 Å². The van der Waals surface area contributed by atoms with E-state index in [9.17, 15) is 4.79 Å². The molecular formula is C15H13ClO3. The minimum atomic E-state index is 0.0803. The monoisotopic (exact) mass is 276 g/mol. The predicted octanol–water partition coefficient (Wildman–Crippen LogP) is 3.71. The molecule has 2 rings (SSSR count). The van der Waals surface area contributed by atoms with E-state index in [4.69, 9.17) is 21.1 Å². The van der Waals surface area contributed by atoms with Gasteiger partial charge in [0.2, 0.25) is 0 Å². The Labute approximate surface area is 116 Å². The smallest absolute Gasteiger partial charge is 0.189 e. The number of carbonyl (C=O) groups is 1. The van der Waals surface area contributed by atoms with Crippen LogP contribution in [0.25, 0.3) is 0 Å². The molecule has 0 aliphatic rings. The first kappa shape index (κ1) is 13.6. The lowest BCUT2D eigenvalue weighted by Crippen LogP contribution is -2.03. The number of aldehydes is 1. The summed E-state index contributed by atoms with van der Waals surface area (Å²) in [4.78, 5) is 10.7. The molecule has 2 aromatic carbocycles. The fraction of sp³-hybridized carbons (Fsp3) is 0.133. The van der Waals surface area contributed by atoms with Crippen molar-refractivity contribution in [3.63, 3.8) is 0 Å². The van der Waals surface area contributed by atoms with Crippen molar-refractivity contribution in [2.75, 3.05) is 6.79 Å². The zero-order valence-corrected chi connectivity index (χ0v) is 11.0. The van der Waals surface area contributed by atoms with Crippen LogP contribution in [-0.2, 0) is 11.3 Å². The van der Waals surface area contributed by atoms with Gasteiger partial charge in [-0.05, 0) is 17.7 Å². The molecule has 0 radical (unpaired) electrons. The molecule has 98 valence electrons. The maximum Gasteiger partial charge on any atom is 0.189 e. The maximum absolute atomic E-state index is 10.7. The second-order valence-corrected chi connectivity index (χ2v) is 4.25. The Hall–Kier alpha value is -1.84. The van der Waals surface area contributed by atoms with Crippen molar-refractivity contribution < 1.29 is 14.3 Å². The van der Waals surface area contributed by atoms with E-state index < -0.39 is 0 Å². The number of hydrogen-bond acceptors (Lipinski definition) is 3. The summed E-state index contributed by atoms with van der Waals surface area (Å²) in [5.74, 6) is 0.444. The third-order valence-electron chi connectivity index (χ3n) is 2.53. The molecule has 0 amide bonds. The summed E-state index contributed by atoms with van der Waals surface area (Å²) in [6.45, 7) is 0.544. The first-order valence-electron chi connectivity index (χ1n) is 5.79. The number of ether oxygens (including phenoxy) is 2. The van der Waals surface area contributed by atoms with Gasteiger partial charge in [0.15, 0.2) is 13.1 Å². The molecule has 19 heavy (non-hydrogen) atoms. The molecule has 0 saturated heterocycles. The van der Waals surface area contributed by atoms with Gasteiger partial charge in [0.1, 0.15) is 5.75 Å². The second-order valence-electron chi connectivity index (χ2n) is 3.87. The highest BCUT2D eigenvalue weighted by atomic mass is 35.5. The SMILES string of the molecule is O=Cc1cccc(OCOCc2ccccc2)c1Cl. The van der Waals surface area contributed by atoms with Crippen LogP contribution in [0, 0.1) is 0 Å². The third kappa shape index (κ3) is 3.81. The van der Waals surface area contributed by atoms with Crippen molar-refractivity contribution in [3.05, 3.63) is 64.7 Å².